The maximum absolute atomic E-state index is 5.29. The van der Waals surface area contributed by atoms with Gasteiger partial charge in [0.2, 0.25) is 5.89 Å². The van der Waals surface area contributed by atoms with Crippen LogP contribution in [0.4, 0.5) is 5.95 Å². The lowest BCUT2D eigenvalue weighted by Crippen LogP contribution is -2.31. The van der Waals surface area contributed by atoms with Crippen molar-refractivity contribution >= 4 is 17.7 Å². The number of hydrogen-bond acceptors (Lipinski definition) is 6. The Morgan fingerprint density at radius 3 is 2.87 bits per heavy atom. The molecule has 1 aromatic rings. The van der Waals surface area contributed by atoms with Crippen molar-refractivity contribution in [1.29, 1.82) is 0 Å². The van der Waals surface area contributed by atoms with Crippen molar-refractivity contribution in [2.24, 2.45) is 0 Å². The molecule has 1 aliphatic rings. The Kier molecular flexibility index (Phi) is 3.16. The summed E-state index contributed by atoms with van der Waals surface area (Å²) in [7, 11) is 5.80. The summed E-state index contributed by atoms with van der Waals surface area (Å²) in [4.78, 5) is 6.24. The predicted molar refractivity (Wildman–Crippen MR) is 61.5 cm³/mol. The van der Waals surface area contributed by atoms with Gasteiger partial charge in [0.1, 0.15) is 0 Å². The van der Waals surface area contributed by atoms with Gasteiger partial charge in [-0.25, -0.2) is 0 Å². The largest absolute Gasteiger partial charge is 0.344 e. The van der Waals surface area contributed by atoms with E-state index in [1.54, 1.807) is 0 Å². The van der Waals surface area contributed by atoms with Gasteiger partial charge in [-0.3, -0.25) is 0 Å². The van der Waals surface area contributed by atoms with Crippen molar-refractivity contribution in [2.75, 3.05) is 37.5 Å². The molecule has 0 aromatic carbocycles. The van der Waals surface area contributed by atoms with E-state index in [0.29, 0.717) is 17.9 Å². The normalized spacial score (nSPS) is 25.8. The molecule has 1 aliphatic heterocycles. The molecule has 1 aromatic heterocycles. The molecule has 0 bridgehead atoms. The lowest BCUT2D eigenvalue weighted by atomic mass is 10.0. The average molecular weight is 228 g/mol. The molecule has 2 unspecified atom stereocenters. The molecule has 0 amide bonds. The summed E-state index contributed by atoms with van der Waals surface area (Å²) in [5.74, 6) is 3.92. The Balaban J connectivity index is 2.14. The van der Waals surface area contributed by atoms with Gasteiger partial charge in [-0.1, -0.05) is 0 Å². The Morgan fingerprint density at radius 2 is 2.27 bits per heavy atom. The van der Waals surface area contributed by atoms with Crippen LogP contribution in [0.25, 0.3) is 0 Å². The van der Waals surface area contributed by atoms with E-state index in [9.17, 15) is 0 Å². The van der Waals surface area contributed by atoms with Gasteiger partial charge in [-0.2, -0.15) is 16.7 Å². The zero-order valence-corrected chi connectivity index (χ0v) is 10.0. The van der Waals surface area contributed by atoms with E-state index in [-0.39, 0.29) is 0 Å². The minimum absolute atomic E-state index is 0.348. The average Bonchev–Trinajstić information content (AvgIpc) is 2.85. The highest BCUT2D eigenvalue weighted by Crippen LogP contribution is 2.32. The third-order valence-electron chi connectivity index (χ3n) is 2.60. The summed E-state index contributed by atoms with van der Waals surface area (Å²) < 4.78 is 5.29. The monoisotopic (exact) mass is 228 g/mol. The van der Waals surface area contributed by atoms with Gasteiger partial charge in [0, 0.05) is 31.6 Å². The lowest BCUT2D eigenvalue weighted by Gasteiger charge is -2.13. The Bertz CT molecular complexity index is 328. The number of thioether (sulfide) groups is 1. The quantitative estimate of drug-likeness (QED) is 0.815. The number of hydrogen-bond donors (Lipinski definition) is 1. The summed E-state index contributed by atoms with van der Waals surface area (Å²) in [5, 5.41) is 7.22. The van der Waals surface area contributed by atoms with Crippen molar-refractivity contribution in [3.8, 4) is 0 Å². The number of nitrogens with zero attached hydrogens (tertiary/aromatic N) is 3. The summed E-state index contributed by atoms with van der Waals surface area (Å²) >= 11 is 1.92. The summed E-state index contributed by atoms with van der Waals surface area (Å²) in [5.41, 5.74) is 0. The molecule has 1 fully saturated rings. The van der Waals surface area contributed by atoms with Gasteiger partial charge < -0.3 is 14.7 Å². The SMILES string of the molecule is CNC1CSCC1c1nc(N(C)C)no1. The first-order valence-corrected chi connectivity index (χ1v) is 6.13. The van der Waals surface area contributed by atoms with Crippen molar-refractivity contribution in [2.45, 2.75) is 12.0 Å². The maximum atomic E-state index is 5.29. The highest BCUT2D eigenvalue weighted by atomic mass is 32.2. The molecule has 0 radical (unpaired) electrons. The van der Waals surface area contributed by atoms with Crippen LogP contribution in [0.1, 0.15) is 11.8 Å². The molecule has 1 N–H and O–H groups in total. The fourth-order valence-electron chi connectivity index (χ4n) is 1.64. The van der Waals surface area contributed by atoms with E-state index in [2.05, 4.69) is 15.5 Å². The first-order chi connectivity index (χ1) is 7.22. The van der Waals surface area contributed by atoms with Crippen molar-refractivity contribution in [1.82, 2.24) is 15.5 Å². The lowest BCUT2D eigenvalue weighted by molar-refractivity contribution is 0.343. The second-order valence-electron chi connectivity index (χ2n) is 3.87. The van der Waals surface area contributed by atoms with Crippen LogP contribution in [-0.4, -0.2) is 48.8 Å². The summed E-state index contributed by atoms with van der Waals surface area (Å²) in [6.07, 6.45) is 0. The number of nitrogens with one attached hydrogen (secondary N) is 1. The third kappa shape index (κ3) is 2.10. The third-order valence-corrected chi connectivity index (χ3v) is 3.79. The van der Waals surface area contributed by atoms with Gasteiger partial charge >= 0.3 is 0 Å². The van der Waals surface area contributed by atoms with Crippen molar-refractivity contribution in [3.63, 3.8) is 0 Å². The van der Waals surface area contributed by atoms with E-state index < -0.39 is 0 Å². The number of aromatic nitrogens is 2. The summed E-state index contributed by atoms with van der Waals surface area (Å²) in [6, 6.07) is 0.450. The van der Waals surface area contributed by atoms with Crippen LogP contribution < -0.4 is 10.2 Å². The number of anilines is 1. The van der Waals surface area contributed by atoms with Crippen LogP contribution in [-0.2, 0) is 0 Å². The van der Waals surface area contributed by atoms with Crippen LogP contribution in [0.2, 0.25) is 0 Å². The Morgan fingerprint density at radius 1 is 1.47 bits per heavy atom. The van der Waals surface area contributed by atoms with Gasteiger partial charge in [-0.15, -0.1) is 0 Å². The molecule has 1 saturated heterocycles. The number of rotatable bonds is 3. The zero-order valence-electron chi connectivity index (χ0n) is 9.23. The molecule has 6 heteroatoms. The van der Waals surface area contributed by atoms with Gasteiger partial charge in [0.15, 0.2) is 0 Å². The molecular weight excluding hydrogens is 212 g/mol. The second-order valence-corrected chi connectivity index (χ2v) is 4.94. The zero-order chi connectivity index (χ0) is 10.8. The predicted octanol–water partition coefficient (Wildman–Crippen LogP) is 0.554. The molecule has 15 heavy (non-hydrogen) atoms. The van der Waals surface area contributed by atoms with E-state index in [1.165, 1.54) is 0 Å². The van der Waals surface area contributed by atoms with Gasteiger partial charge in [0.05, 0.1) is 5.92 Å². The number of likely N-dealkylation sites (N-methyl/N-ethyl adjacent to an activating group) is 1. The minimum Gasteiger partial charge on any atom is -0.344 e. The second kappa shape index (κ2) is 4.40. The highest BCUT2D eigenvalue weighted by molar-refractivity contribution is 7.99. The Hall–Kier alpha value is -0.750. The molecule has 2 rings (SSSR count). The minimum atomic E-state index is 0.348. The first kappa shape index (κ1) is 10.8. The van der Waals surface area contributed by atoms with Crippen LogP contribution in [0.5, 0.6) is 0 Å². The fraction of sp³-hybridized carbons (Fsp3) is 0.778. The molecule has 2 heterocycles. The fourth-order valence-corrected chi connectivity index (χ4v) is 3.06. The standard InChI is InChI=1S/C9H16N4OS/c1-10-7-5-15-4-6(7)8-11-9(12-14-8)13(2)3/h6-7,10H,4-5H2,1-3H3. The maximum Gasteiger partial charge on any atom is 0.265 e. The van der Waals surface area contributed by atoms with Crippen LogP contribution >= 0.6 is 11.8 Å². The molecule has 2 atom stereocenters. The molecule has 0 aliphatic carbocycles. The highest BCUT2D eigenvalue weighted by Gasteiger charge is 2.32. The molecule has 5 nitrogen and oxygen atoms in total. The van der Waals surface area contributed by atoms with Crippen molar-refractivity contribution in [3.05, 3.63) is 5.89 Å². The molecule has 0 spiro atoms. The topological polar surface area (TPSA) is 54.2 Å². The van der Waals surface area contributed by atoms with E-state index in [4.69, 9.17) is 4.52 Å². The van der Waals surface area contributed by atoms with Gasteiger partial charge in [-0.05, 0) is 12.2 Å². The summed E-state index contributed by atoms with van der Waals surface area (Å²) in [6.45, 7) is 0. The molecular formula is C9H16N4OS. The smallest absolute Gasteiger partial charge is 0.265 e. The van der Waals surface area contributed by atoms with E-state index in [0.717, 1.165) is 17.4 Å². The molecule has 84 valence electrons. The van der Waals surface area contributed by atoms with E-state index in [1.807, 2.05) is 37.8 Å². The first-order valence-electron chi connectivity index (χ1n) is 4.98. The van der Waals surface area contributed by atoms with Crippen LogP contribution in [0.15, 0.2) is 4.52 Å². The van der Waals surface area contributed by atoms with Crippen LogP contribution in [0.3, 0.4) is 0 Å². The molecule has 0 saturated carbocycles. The van der Waals surface area contributed by atoms with Gasteiger partial charge in [0.25, 0.3) is 5.95 Å². The Labute approximate surface area is 93.6 Å². The van der Waals surface area contributed by atoms with Crippen LogP contribution in [0, 0.1) is 0 Å². The van der Waals surface area contributed by atoms with E-state index >= 15 is 0 Å². The van der Waals surface area contributed by atoms with Crippen molar-refractivity contribution < 1.29 is 4.52 Å².